The maximum Gasteiger partial charge on any atom is 0.0749 e. The molecule has 1 nitrogen and oxygen atoms in total. The van der Waals surface area contributed by atoms with E-state index in [0.717, 1.165) is 6.54 Å². The molecule has 1 atom stereocenters. The Labute approximate surface area is 155 Å². The van der Waals surface area contributed by atoms with Crippen molar-refractivity contribution in [1.29, 1.82) is 0 Å². The molecular weight excluding hydrogens is 330 g/mol. The molecule has 2 aromatic carbocycles. The average Bonchev–Trinajstić information content (AvgIpc) is 3.07. The third-order valence-electron chi connectivity index (χ3n) is 4.71. The van der Waals surface area contributed by atoms with E-state index in [1.807, 2.05) is 0 Å². The number of rotatable bonds is 5. The molecule has 24 heavy (non-hydrogen) atoms. The fourth-order valence-corrected chi connectivity index (χ4v) is 6.38. The van der Waals surface area contributed by atoms with Gasteiger partial charge >= 0.3 is 0 Å². The normalized spacial score (nSPS) is 17.6. The molecular formula is C21H27NS2. The summed E-state index contributed by atoms with van der Waals surface area (Å²) in [5, 5.41) is 3.73. The maximum absolute atomic E-state index is 3.73. The highest BCUT2D eigenvalue weighted by molar-refractivity contribution is 8.17. The first-order valence-electron chi connectivity index (χ1n) is 8.75. The Morgan fingerprint density at radius 1 is 0.833 bits per heavy atom. The van der Waals surface area contributed by atoms with Crippen LogP contribution in [-0.2, 0) is 0 Å². The molecule has 0 radical (unpaired) electrons. The van der Waals surface area contributed by atoms with E-state index in [-0.39, 0.29) is 0 Å². The lowest BCUT2D eigenvalue weighted by Gasteiger charge is -2.26. The van der Waals surface area contributed by atoms with Gasteiger partial charge in [-0.15, -0.1) is 23.5 Å². The number of benzene rings is 2. The van der Waals surface area contributed by atoms with Crippen molar-refractivity contribution >= 4 is 23.5 Å². The Hall–Kier alpha value is -0.900. The lowest BCUT2D eigenvalue weighted by atomic mass is 10.2. The van der Waals surface area contributed by atoms with Gasteiger partial charge in [-0.25, -0.2) is 0 Å². The van der Waals surface area contributed by atoms with Crippen molar-refractivity contribution < 1.29 is 0 Å². The van der Waals surface area contributed by atoms with Gasteiger partial charge in [0.25, 0.3) is 0 Å². The summed E-state index contributed by atoms with van der Waals surface area (Å²) in [5.41, 5.74) is 5.57. The molecule has 1 aliphatic rings. The summed E-state index contributed by atoms with van der Waals surface area (Å²) in [7, 11) is 0. The minimum absolute atomic E-state index is 0.507. The molecule has 0 unspecified atom stereocenters. The van der Waals surface area contributed by atoms with E-state index in [9.17, 15) is 0 Å². The van der Waals surface area contributed by atoms with E-state index in [1.165, 1.54) is 44.9 Å². The van der Waals surface area contributed by atoms with Crippen molar-refractivity contribution in [3.8, 4) is 0 Å². The molecule has 1 saturated heterocycles. The van der Waals surface area contributed by atoms with E-state index < -0.39 is 0 Å². The minimum Gasteiger partial charge on any atom is -0.312 e. The van der Waals surface area contributed by atoms with Crippen molar-refractivity contribution in [1.82, 2.24) is 5.32 Å². The smallest absolute Gasteiger partial charge is 0.0749 e. The monoisotopic (exact) mass is 357 g/mol. The van der Waals surface area contributed by atoms with Crippen molar-refractivity contribution in [2.45, 2.75) is 61.0 Å². The van der Waals surface area contributed by atoms with Gasteiger partial charge in [-0.05, 0) is 69.3 Å². The highest BCUT2D eigenvalue weighted by atomic mass is 32.2. The molecule has 0 bridgehead atoms. The second-order valence-corrected chi connectivity index (χ2v) is 9.35. The molecule has 1 N–H and O–H groups in total. The highest BCUT2D eigenvalue weighted by Gasteiger charge is 2.28. The van der Waals surface area contributed by atoms with Crippen LogP contribution in [0.5, 0.6) is 0 Å². The lowest BCUT2D eigenvalue weighted by molar-refractivity contribution is 0.653. The minimum atomic E-state index is 0.507. The molecule has 1 fully saturated rings. The predicted octanol–water partition coefficient (Wildman–Crippen LogP) is 5.88. The number of aryl methyl sites for hydroxylation is 4. The van der Waals surface area contributed by atoms with Crippen LogP contribution >= 0.6 is 23.5 Å². The second kappa shape index (κ2) is 7.99. The predicted molar refractivity (Wildman–Crippen MR) is 108 cm³/mol. The van der Waals surface area contributed by atoms with Gasteiger partial charge in [0.15, 0.2) is 0 Å². The molecule has 0 saturated carbocycles. The van der Waals surface area contributed by atoms with Crippen LogP contribution in [0.15, 0.2) is 46.2 Å². The molecule has 0 aromatic heterocycles. The van der Waals surface area contributed by atoms with Crippen molar-refractivity contribution in [3.05, 3.63) is 58.7 Å². The Morgan fingerprint density at radius 2 is 1.29 bits per heavy atom. The Balaban J connectivity index is 1.89. The zero-order valence-electron chi connectivity index (χ0n) is 15.1. The lowest BCUT2D eigenvalue weighted by Crippen LogP contribution is -2.30. The standard InChI is InChI=1S/C21H27NS2/c1-14-8-5-9-15(2)19(14)23-21(18-12-7-13-22-18)24-20-16(3)10-6-11-17(20)4/h5-6,8-11,18,21-22H,7,12-13H2,1-4H3/t18-/m0/s1. The maximum atomic E-state index is 3.73. The zero-order valence-corrected chi connectivity index (χ0v) is 16.7. The van der Waals surface area contributed by atoms with Gasteiger partial charge < -0.3 is 5.32 Å². The topological polar surface area (TPSA) is 12.0 Å². The van der Waals surface area contributed by atoms with Gasteiger partial charge in [-0.2, -0.15) is 0 Å². The first-order valence-corrected chi connectivity index (χ1v) is 10.5. The number of hydrogen-bond acceptors (Lipinski definition) is 3. The third kappa shape index (κ3) is 4.01. The summed E-state index contributed by atoms with van der Waals surface area (Å²) in [6.07, 6.45) is 2.57. The molecule has 3 heteroatoms. The summed E-state index contributed by atoms with van der Waals surface area (Å²) in [4.78, 5) is 2.91. The fraction of sp³-hybridized carbons (Fsp3) is 0.429. The second-order valence-electron chi connectivity index (χ2n) is 6.75. The first kappa shape index (κ1) is 17.9. The van der Waals surface area contributed by atoms with Crippen LogP contribution in [0.2, 0.25) is 0 Å². The van der Waals surface area contributed by atoms with E-state index in [0.29, 0.717) is 10.6 Å². The Kier molecular flexibility index (Phi) is 5.96. The average molecular weight is 358 g/mol. The number of thioether (sulfide) groups is 2. The van der Waals surface area contributed by atoms with Crippen molar-refractivity contribution in [3.63, 3.8) is 0 Å². The first-order chi connectivity index (χ1) is 11.6. The fourth-order valence-electron chi connectivity index (χ4n) is 3.33. The van der Waals surface area contributed by atoms with E-state index in [2.05, 4.69) is 92.9 Å². The Morgan fingerprint density at radius 3 is 1.67 bits per heavy atom. The SMILES string of the molecule is Cc1cccc(C)c1SC(Sc1c(C)cccc1C)[C@@H]1CCCN1. The molecule has 1 aliphatic heterocycles. The van der Waals surface area contributed by atoms with E-state index >= 15 is 0 Å². The van der Waals surface area contributed by atoms with Crippen LogP contribution in [0.4, 0.5) is 0 Å². The molecule has 1 heterocycles. The highest BCUT2D eigenvalue weighted by Crippen LogP contribution is 2.43. The molecule has 128 valence electrons. The van der Waals surface area contributed by atoms with Gasteiger partial charge in [0, 0.05) is 15.8 Å². The summed E-state index contributed by atoms with van der Waals surface area (Å²) in [6, 6.07) is 13.8. The summed E-state index contributed by atoms with van der Waals surface area (Å²) < 4.78 is 0.507. The largest absolute Gasteiger partial charge is 0.312 e. The van der Waals surface area contributed by atoms with Gasteiger partial charge in [0.1, 0.15) is 0 Å². The van der Waals surface area contributed by atoms with Gasteiger partial charge in [-0.3, -0.25) is 0 Å². The molecule has 0 amide bonds. The van der Waals surface area contributed by atoms with Gasteiger partial charge in [0.05, 0.1) is 4.58 Å². The van der Waals surface area contributed by atoms with Crippen LogP contribution in [0.3, 0.4) is 0 Å². The molecule has 2 aromatic rings. The van der Waals surface area contributed by atoms with E-state index in [1.54, 1.807) is 0 Å². The molecule has 0 spiro atoms. The van der Waals surface area contributed by atoms with Gasteiger partial charge in [0.2, 0.25) is 0 Å². The van der Waals surface area contributed by atoms with Crippen LogP contribution in [0, 0.1) is 27.7 Å². The molecule has 3 rings (SSSR count). The van der Waals surface area contributed by atoms with Crippen LogP contribution in [-0.4, -0.2) is 17.2 Å². The summed E-state index contributed by atoms with van der Waals surface area (Å²) in [6.45, 7) is 10.1. The van der Waals surface area contributed by atoms with Crippen molar-refractivity contribution in [2.75, 3.05) is 6.54 Å². The molecule has 0 aliphatic carbocycles. The third-order valence-corrected chi connectivity index (χ3v) is 8.17. The van der Waals surface area contributed by atoms with Crippen LogP contribution < -0.4 is 5.32 Å². The van der Waals surface area contributed by atoms with Crippen LogP contribution in [0.1, 0.15) is 35.1 Å². The summed E-state index contributed by atoms with van der Waals surface area (Å²) >= 11 is 4.10. The zero-order chi connectivity index (χ0) is 17.1. The van der Waals surface area contributed by atoms with Crippen LogP contribution in [0.25, 0.3) is 0 Å². The number of hydrogen-bond donors (Lipinski definition) is 1. The van der Waals surface area contributed by atoms with Crippen molar-refractivity contribution in [2.24, 2.45) is 0 Å². The van der Waals surface area contributed by atoms with Gasteiger partial charge in [-0.1, -0.05) is 36.4 Å². The Bertz CT molecular complexity index is 611. The number of nitrogens with one attached hydrogen (secondary N) is 1. The van der Waals surface area contributed by atoms with E-state index in [4.69, 9.17) is 0 Å². The summed E-state index contributed by atoms with van der Waals surface area (Å²) in [5.74, 6) is 0. The quantitative estimate of drug-likeness (QED) is 0.530.